The van der Waals surface area contributed by atoms with E-state index >= 15 is 0 Å². The largest absolute Gasteiger partial charge is 0.154 e. The van der Waals surface area contributed by atoms with E-state index in [1.807, 2.05) is 0 Å². The van der Waals surface area contributed by atoms with Crippen LogP contribution in [0.15, 0.2) is 6.07 Å². The zero-order valence-electron chi connectivity index (χ0n) is 9.59. The maximum Gasteiger partial charge on any atom is 0.136 e. The summed E-state index contributed by atoms with van der Waals surface area (Å²) >= 11 is 0. The highest BCUT2D eigenvalue weighted by atomic mass is 15.1. The first-order valence-electron chi connectivity index (χ1n) is 5.43. The first-order valence-corrected chi connectivity index (χ1v) is 5.43. The lowest BCUT2D eigenvalue weighted by Gasteiger charge is -2.06. The summed E-state index contributed by atoms with van der Waals surface area (Å²) in [6.45, 7) is 6.29. The Kier molecular flexibility index (Phi) is 2.48. The van der Waals surface area contributed by atoms with Gasteiger partial charge in [-0.2, -0.15) is 5.10 Å². The van der Waals surface area contributed by atoms with E-state index in [0.29, 0.717) is 0 Å². The van der Waals surface area contributed by atoms with Gasteiger partial charge in [0.2, 0.25) is 0 Å². The van der Waals surface area contributed by atoms with Crippen molar-refractivity contribution in [3.8, 4) is 11.8 Å². The molecule has 0 atom stereocenters. The summed E-state index contributed by atoms with van der Waals surface area (Å²) in [5.41, 5.74) is 3.34. The Morgan fingerprint density at radius 2 is 2.00 bits per heavy atom. The molecule has 2 rings (SSSR count). The number of aryl methyl sites for hydroxylation is 2. The Hall–Kier alpha value is -1.36. The number of aromatic nitrogens is 2. The van der Waals surface area contributed by atoms with Gasteiger partial charge < -0.3 is 0 Å². The van der Waals surface area contributed by atoms with Crippen molar-refractivity contribution in [2.75, 3.05) is 0 Å². The minimum atomic E-state index is 0.0285. The van der Waals surface area contributed by atoms with Crippen molar-refractivity contribution in [2.24, 2.45) is 5.41 Å². The second kappa shape index (κ2) is 3.66. The molecule has 0 saturated carbocycles. The number of hydrogen-bond acceptors (Lipinski definition) is 2. The Bertz CT molecular complexity index is 430. The van der Waals surface area contributed by atoms with Crippen molar-refractivity contribution in [3.63, 3.8) is 0 Å². The fourth-order valence-corrected chi connectivity index (χ4v) is 1.64. The molecule has 1 aliphatic carbocycles. The molecule has 1 aromatic rings. The van der Waals surface area contributed by atoms with Gasteiger partial charge in [-0.05, 0) is 57.6 Å². The molecular weight excluding hydrogens is 184 g/mol. The van der Waals surface area contributed by atoms with Crippen LogP contribution in [0.4, 0.5) is 0 Å². The summed E-state index contributed by atoms with van der Waals surface area (Å²) in [6.07, 6.45) is 3.42. The molecule has 2 heteroatoms. The number of hydrogen-bond donors (Lipinski definition) is 0. The van der Waals surface area contributed by atoms with E-state index in [2.05, 4.69) is 48.9 Å². The third kappa shape index (κ3) is 2.56. The molecule has 0 unspecified atom stereocenters. The fourth-order valence-electron chi connectivity index (χ4n) is 1.64. The summed E-state index contributed by atoms with van der Waals surface area (Å²) in [5.74, 6) is 6.27. The summed E-state index contributed by atoms with van der Waals surface area (Å²) < 4.78 is 0. The number of nitrogens with zero attached hydrogens (tertiary/aromatic N) is 2. The minimum Gasteiger partial charge on any atom is -0.154 e. The van der Waals surface area contributed by atoms with E-state index in [1.54, 1.807) is 0 Å². The lowest BCUT2D eigenvalue weighted by Crippen LogP contribution is -2.00. The standard InChI is InChI=1S/C13H16N2/c1-13(2,3)8-7-11-9-10-5-4-6-12(10)15-14-11/h9H,4-6H2,1-3H3. The number of rotatable bonds is 0. The average molecular weight is 200 g/mol. The summed E-state index contributed by atoms with van der Waals surface area (Å²) in [5, 5.41) is 8.34. The monoisotopic (exact) mass is 200 g/mol. The molecule has 1 aromatic heterocycles. The van der Waals surface area contributed by atoms with Gasteiger partial charge in [0, 0.05) is 5.41 Å². The predicted molar refractivity (Wildman–Crippen MR) is 60.4 cm³/mol. The van der Waals surface area contributed by atoms with Crippen LogP contribution < -0.4 is 0 Å². The highest BCUT2D eigenvalue weighted by molar-refractivity contribution is 5.34. The normalized spacial score (nSPS) is 14.3. The zero-order chi connectivity index (χ0) is 10.9. The average Bonchev–Trinajstić information content (AvgIpc) is 2.60. The van der Waals surface area contributed by atoms with Gasteiger partial charge in [-0.3, -0.25) is 0 Å². The Balaban J connectivity index is 2.27. The summed E-state index contributed by atoms with van der Waals surface area (Å²) in [7, 11) is 0. The third-order valence-corrected chi connectivity index (χ3v) is 2.39. The van der Waals surface area contributed by atoms with Gasteiger partial charge >= 0.3 is 0 Å². The zero-order valence-corrected chi connectivity index (χ0v) is 9.59. The first kappa shape index (κ1) is 10.2. The molecule has 2 nitrogen and oxygen atoms in total. The smallest absolute Gasteiger partial charge is 0.136 e. The molecule has 0 amide bonds. The van der Waals surface area contributed by atoms with Gasteiger partial charge in [0.15, 0.2) is 0 Å². The molecule has 0 aromatic carbocycles. The van der Waals surface area contributed by atoms with Gasteiger partial charge in [-0.1, -0.05) is 5.92 Å². The van der Waals surface area contributed by atoms with Crippen LogP contribution >= 0.6 is 0 Å². The lowest BCUT2D eigenvalue weighted by atomic mass is 9.98. The van der Waals surface area contributed by atoms with Crippen LogP contribution in [0.2, 0.25) is 0 Å². The van der Waals surface area contributed by atoms with Crippen LogP contribution in [0.3, 0.4) is 0 Å². The van der Waals surface area contributed by atoms with Crippen molar-refractivity contribution < 1.29 is 0 Å². The molecule has 1 heterocycles. The molecular formula is C13H16N2. The van der Waals surface area contributed by atoms with E-state index in [9.17, 15) is 0 Å². The second-order valence-electron chi connectivity index (χ2n) is 5.06. The van der Waals surface area contributed by atoms with E-state index in [0.717, 1.165) is 24.2 Å². The predicted octanol–water partition coefficient (Wildman–Crippen LogP) is 2.36. The van der Waals surface area contributed by atoms with Crippen LogP contribution in [0.25, 0.3) is 0 Å². The Morgan fingerprint density at radius 1 is 1.20 bits per heavy atom. The fraction of sp³-hybridized carbons (Fsp3) is 0.538. The Morgan fingerprint density at radius 3 is 2.73 bits per heavy atom. The highest BCUT2D eigenvalue weighted by Gasteiger charge is 2.12. The molecule has 0 N–H and O–H groups in total. The van der Waals surface area contributed by atoms with Crippen molar-refractivity contribution >= 4 is 0 Å². The van der Waals surface area contributed by atoms with Gasteiger partial charge in [0.25, 0.3) is 0 Å². The van der Waals surface area contributed by atoms with Crippen LogP contribution in [-0.2, 0) is 12.8 Å². The lowest BCUT2D eigenvalue weighted by molar-refractivity contribution is 0.571. The highest BCUT2D eigenvalue weighted by Crippen LogP contribution is 2.19. The van der Waals surface area contributed by atoms with E-state index in [4.69, 9.17) is 0 Å². The minimum absolute atomic E-state index is 0.0285. The molecule has 0 bridgehead atoms. The maximum atomic E-state index is 4.21. The summed E-state index contributed by atoms with van der Waals surface area (Å²) in [6, 6.07) is 2.09. The molecule has 1 aliphatic rings. The van der Waals surface area contributed by atoms with E-state index in [-0.39, 0.29) is 5.41 Å². The van der Waals surface area contributed by atoms with Gasteiger partial charge in [-0.25, -0.2) is 0 Å². The third-order valence-electron chi connectivity index (χ3n) is 2.39. The number of fused-ring (bicyclic) bond motifs is 1. The van der Waals surface area contributed by atoms with Gasteiger partial charge in [0.05, 0.1) is 5.69 Å². The summed E-state index contributed by atoms with van der Waals surface area (Å²) in [4.78, 5) is 0. The topological polar surface area (TPSA) is 25.8 Å². The first-order chi connectivity index (χ1) is 7.04. The maximum absolute atomic E-state index is 4.21. The van der Waals surface area contributed by atoms with Crippen molar-refractivity contribution in [1.82, 2.24) is 10.2 Å². The molecule has 0 radical (unpaired) electrons. The molecule has 0 saturated heterocycles. The SMILES string of the molecule is CC(C)(C)C#Cc1cc2c(nn1)CCC2. The molecule has 0 fully saturated rings. The van der Waals surface area contributed by atoms with Gasteiger partial charge in [0.1, 0.15) is 5.69 Å². The van der Waals surface area contributed by atoms with Crippen molar-refractivity contribution in [1.29, 1.82) is 0 Å². The molecule has 0 spiro atoms. The Labute approximate surface area is 91.1 Å². The van der Waals surface area contributed by atoms with E-state index < -0.39 is 0 Å². The van der Waals surface area contributed by atoms with Crippen LogP contribution in [-0.4, -0.2) is 10.2 Å². The molecule has 0 aliphatic heterocycles. The molecule has 78 valence electrons. The van der Waals surface area contributed by atoms with Crippen molar-refractivity contribution in [2.45, 2.75) is 40.0 Å². The van der Waals surface area contributed by atoms with Crippen LogP contribution in [0.1, 0.15) is 44.1 Å². The molecule has 15 heavy (non-hydrogen) atoms. The quantitative estimate of drug-likeness (QED) is 0.601. The second-order valence-corrected chi connectivity index (χ2v) is 5.06. The van der Waals surface area contributed by atoms with Crippen molar-refractivity contribution in [3.05, 3.63) is 23.0 Å². The van der Waals surface area contributed by atoms with Crippen LogP contribution in [0, 0.1) is 17.3 Å². The van der Waals surface area contributed by atoms with Gasteiger partial charge in [-0.15, -0.1) is 5.10 Å². The van der Waals surface area contributed by atoms with E-state index in [1.165, 1.54) is 12.0 Å². The van der Waals surface area contributed by atoms with Crippen LogP contribution in [0.5, 0.6) is 0 Å².